The van der Waals surface area contributed by atoms with Crippen molar-refractivity contribution in [3.63, 3.8) is 0 Å². The molecule has 0 saturated carbocycles. The first-order valence-corrected chi connectivity index (χ1v) is 10.3. The van der Waals surface area contributed by atoms with Crippen molar-refractivity contribution < 1.29 is 14.3 Å². The van der Waals surface area contributed by atoms with Crippen LogP contribution >= 0.6 is 22.7 Å². The Morgan fingerprint density at radius 3 is 2.89 bits per heavy atom. The molecule has 0 spiro atoms. The molecule has 136 valence electrons. The molecule has 0 unspecified atom stereocenters. The standard InChI is InChI=1S/C20H16N2O3S2/c1-2-12-4-3-5-14-15(8-21-18(12)14)17(23)9-25-20(24)16-11-27-19(22-16)13-6-7-26-10-13/h3-8,10-11,21H,2,9H2,1H3. The van der Waals surface area contributed by atoms with Crippen molar-refractivity contribution in [3.8, 4) is 10.6 Å². The van der Waals surface area contributed by atoms with Crippen LogP contribution in [0, 0.1) is 0 Å². The van der Waals surface area contributed by atoms with E-state index in [2.05, 4.69) is 16.9 Å². The summed E-state index contributed by atoms with van der Waals surface area (Å²) in [5.74, 6) is -0.827. The number of carbonyl (C=O) groups excluding carboxylic acids is 2. The number of H-pyrrole nitrogens is 1. The first kappa shape index (κ1) is 17.6. The van der Waals surface area contributed by atoms with Crippen LogP contribution in [0.1, 0.15) is 33.3 Å². The van der Waals surface area contributed by atoms with Crippen LogP contribution in [0.3, 0.4) is 0 Å². The number of thiazole rings is 1. The van der Waals surface area contributed by atoms with E-state index in [4.69, 9.17) is 4.74 Å². The highest BCUT2D eigenvalue weighted by atomic mass is 32.1. The molecule has 0 atom stereocenters. The molecule has 27 heavy (non-hydrogen) atoms. The summed E-state index contributed by atoms with van der Waals surface area (Å²) in [6, 6.07) is 7.80. The molecule has 0 aliphatic carbocycles. The zero-order valence-corrected chi connectivity index (χ0v) is 16.2. The van der Waals surface area contributed by atoms with E-state index >= 15 is 0 Å². The van der Waals surface area contributed by atoms with Crippen LogP contribution in [0.15, 0.2) is 46.6 Å². The molecule has 0 amide bonds. The second-order valence-corrected chi connectivity index (χ2v) is 7.58. The second kappa shape index (κ2) is 7.46. The molecule has 7 heteroatoms. The lowest BCUT2D eigenvalue weighted by Crippen LogP contribution is -2.14. The van der Waals surface area contributed by atoms with Gasteiger partial charge in [0.05, 0.1) is 0 Å². The van der Waals surface area contributed by atoms with Crippen LogP contribution in [0.5, 0.6) is 0 Å². The van der Waals surface area contributed by atoms with Gasteiger partial charge in [-0.15, -0.1) is 11.3 Å². The fourth-order valence-electron chi connectivity index (χ4n) is 2.91. The molecule has 4 rings (SSSR count). The Hall–Kier alpha value is -2.77. The number of carbonyl (C=O) groups is 2. The van der Waals surface area contributed by atoms with Gasteiger partial charge in [0.15, 0.2) is 12.3 Å². The summed E-state index contributed by atoms with van der Waals surface area (Å²) in [7, 11) is 0. The molecule has 0 radical (unpaired) electrons. The summed E-state index contributed by atoms with van der Waals surface area (Å²) in [6.45, 7) is 1.75. The van der Waals surface area contributed by atoms with E-state index in [1.165, 1.54) is 11.3 Å². The Kier molecular flexibility index (Phi) is 4.87. The molecule has 1 aromatic carbocycles. The van der Waals surface area contributed by atoms with Crippen molar-refractivity contribution in [1.29, 1.82) is 0 Å². The maximum Gasteiger partial charge on any atom is 0.358 e. The minimum atomic E-state index is -0.588. The summed E-state index contributed by atoms with van der Waals surface area (Å²) in [6.07, 6.45) is 2.55. The number of hydrogen-bond acceptors (Lipinski definition) is 6. The Labute approximate surface area is 163 Å². The minimum absolute atomic E-state index is 0.223. The molecule has 0 aliphatic heterocycles. The Morgan fingerprint density at radius 2 is 2.11 bits per heavy atom. The summed E-state index contributed by atoms with van der Waals surface area (Å²) in [5, 5.41) is 7.19. The van der Waals surface area contributed by atoms with Gasteiger partial charge < -0.3 is 9.72 Å². The normalized spacial score (nSPS) is 11.0. The molecule has 0 aliphatic rings. The monoisotopic (exact) mass is 396 g/mol. The van der Waals surface area contributed by atoms with E-state index < -0.39 is 5.97 Å². The van der Waals surface area contributed by atoms with Crippen LogP contribution in [0.2, 0.25) is 0 Å². The smallest absolute Gasteiger partial charge is 0.358 e. The average molecular weight is 396 g/mol. The lowest BCUT2D eigenvalue weighted by atomic mass is 10.1. The molecule has 4 aromatic rings. The fourth-order valence-corrected chi connectivity index (χ4v) is 4.41. The van der Waals surface area contributed by atoms with Crippen molar-refractivity contribution >= 4 is 45.3 Å². The largest absolute Gasteiger partial charge is 0.453 e. The number of ketones is 1. The van der Waals surface area contributed by atoms with Crippen LogP contribution in [-0.2, 0) is 11.2 Å². The maximum atomic E-state index is 12.5. The highest BCUT2D eigenvalue weighted by Gasteiger charge is 2.18. The number of esters is 1. The first-order valence-electron chi connectivity index (χ1n) is 8.44. The van der Waals surface area contributed by atoms with Crippen molar-refractivity contribution in [2.75, 3.05) is 6.61 Å². The summed E-state index contributed by atoms with van der Waals surface area (Å²) >= 11 is 2.95. The quantitative estimate of drug-likeness (QED) is 0.369. The molecular formula is C20H16N2O3S2. The number of para-hydroxylation sites is 1. The minimum Gasteiger partial charge on any atom is -0.453 e. The van der Waals surface area contributed by atoms with E-state index in [1.54, 1.807) is 22.9 Å². The third-order valence-corrected chi connectivity index (χ3v) is 5.87. The average Bonchev–Trinajstić information content (AvgIpc) is 3.44. The van der Waals surface area contributed by atoms with Gasteiger partial charge in [-0.05, 0) is 23.4 Å². The lowest BCUT2D eigenvalue weighted by molar-refractivity contribution is 0.0470. The highest BCUT2D eigenvalue weighted by molar-refractivity contribution is 7.14. The van der Waals surface area contributed by atoms with Crippen molar-refractivity contribution in [2.24, 2.45) is 0 Å². The Bertz CT molecular complexity index is 1110. The highest BCUT2D eigenvalue weighted by Crippen LogP contribution is 2.26. The third kappa shape index (κ3) is 3.43. The van der Waals surface area contributed by atoms with E-state index in [1.807, 2.05) is 35.0 Å². The van der Waals surface area contributed by atoms with Gasteiger partial charge in [0.2, 0.25) is 5.78 Å². The van der Waals surface area contributed by atoms with Crippen molar-refractivity contribution in [3.05, 3.63) is 63.4 Å². The number of Topliss-reactive ketones (excluding diaryl/α,β-unsaturated/α-hetero) is 1. The number of benzene rings is 1. The second-order valence-electron chi connectivity index (χ2n) is 5.94. The van der Waals surface area contributed by atoms with E-state index in [9.17, 15) is 9.59 Å². The lowest BCUT2D eigenvalue weighted by Gasteiger charge is -2.03. The van der Waals surface area contributed by atoms with E-state index in [-0.39, 0.29) is 18.1 Å². The van der Waals surface area contributed by atoms with Gasteiger partial charge in [0.25, 0.3) is 0 Å². The summed E-state index contributed by atoms with van der Waals surface area (Å²) < 4.78 is 5.19. The van der Waals surface area contributed by atoms with Gasteiger partial charge in [0.1, 0.15) is 5.01 Å². The number of aromatic amines is 1. The van der Waals surface area contributed by atoms with Gasteiger partial charge in [-0.3, -0.25) is 4.79 Å². The topological polar surface area (TPSA) is 72.1 Å². The number of thiophene rings is 1. The van der Waals surface area contributed by atoms with Crippen molar-refractivity contribution in [2.45, 2.75) is 13.3 Å². The fraction of sp³-hybridized carbons (Fsp3) is 0.150. The molecule has 1 N–H and O–H groups in total. The Morgan fingerprint density at radius 1 is 1.22 bits per heavy atom. The number of aromatic nitrogens is 2. The molecule has 0 saturated heterocycles. The first-order chi connectivity index (χ1) is 13.2. The third-order valence-electron chi connectivity index (χ3n) is 4.30. The van der Waals surface area contributed by atoms with Crippen molar-refractivity contribution in [1.82, 2.24) is 9.97 Å². The number of nitrogens with one attached hydrogen (secondary N) is 1. The van der Waals surface area contributed by atoms with Crippen LogP contribution in [0.25, 0.3) is 21.5 Å². The number of ether oxygens (including phenoxy) is 1. The Balaban J connectivity index is 1.46. The maximum absolute atomic E-state index is 12.5. The van der Waals surface area contributed by atoms with Gasteiger partial charge in [-0.25, -0.2) is 9.78 Å². The number of nitrogens with zero attached hydrogens (tertiary/aromatic N) is 1. The van der Waals surface area contributed by atoms with E-state index in [0.717, 1.165) is 33.5 Å². The predicted octanol–water partition coefficient (Wildman–Crippen LogP) is 4.96. The van der Waals surface area contributed by atoms with E-state index in [0.29, 0.717) is 5.56 Å². The molecule has 0 fully saturated rings. The number of rotatable bonds is 6. The van der Waals surface area contributed by atoms with Gasteiger partial charge in [-0.2, -0.15) is 11.3 Å². The van der Waals surface area contributed by atoms with Gasteiger partial charge >= 0.3 is 5.97 Å². The van der Waals surface area contributed by atoms with Crippen LogP contribution in [0.4, 0.5) is 0 Å². The van der Waals surface area contributed by atoms with Gasteiger partial charge in [0, 0.05) is 39.0 Å². The molecule has 3 aromatic heterocycles. The zero-order chi connectivity index (χ0) is 18.8. The number of aryl methyl sites for hydroxylation is 1. The molecule has 3 heterocycles. The summed E-state index contributed by atoms with van der Waals surface area (Å²) in [5.41, 5.74) is 3.83. The molecule has 5 nitrogen and oxygen atoms in total. The predicted molar refractivity (Wildman–Crippen MR) is 108 cm³/mol. The summed E-state index contributed by atoms with van der Waals surface area (Å²) in [4.78, 5) is 32.2. The number of fused-ring (bicyclic) bond motifs is 1. The molecular weight excluding hydrogens is 380 g/mol. The zero-order valence-electron chi connectivity index (χ0n) is 14.5. The molecule has 0 bridgehead atoms. The van der Waals surface area contributed by atoms with Crippen LogP contribution in [-0.4, -0.2) is 28.3 Å². The number of hydrogen-bond donors (Lipinski definition) is 1. The SMILES string of the molecule is CCc1cccc2c(C(=O)COC(=O)c3csc(-c4ccsc4)n3)c[nH]c12. The van der Waals surface area contributed by atoms with Gasteiger partial charge in [-0.1, -0.05) is 25.1 Å². The van der Waals surface area contributed by atoms with Crippen LogP contribution < -0.4 is 0 Å².